The molecule has 1 N–H and O–H groups in total. The minimum Gasteiger partial charge on any atom is -0.481 e. The largest absolute Gasteiger partial charge is 0.481 e. The van der Waals surface area contributed by atoms with Gasteiger partial charge in [-0.2, -0.15) is 4.98 Å². The van der Waals surface area contributed by atoms with Crippen LogP contribution in [0.1, 0.15) is 36.8 Å². The first-order chi connectivity index (χ1) is 16.2. The predicted octanol–water partition coefficient (Wildman–Crippen LogP) is 5.43. The van der Waals surface area contributed by atoms with Crippen LogP contribution in [-0.2, 0) is 11.3 Å². The number of allylic oxidation sites excluding steroid dienone is 4. The maximum Gasteiger partial charge on any atom is 0.307 e. The van der Waals surface area contributed by atoms with E-state index in [0.717, 1.165) is 55.5 Å². The summed E-state index contributed by atoms with van der Waals surface area (Å²) in [4.78, 5) is 18.1. The molecule has 1 unspecified atom stereocenters. The number of carboxylic acids is 1. The van der Waals surface area contributed by atoms with Gasteiger partial charge in [-0.25, -0.2) is 0 Å². The summed E-state index contributed by atoms with van der Waals surface area (Å²) in [6.07, 6.45) is 10.3. The van der Waals surface area contributed by atoms with Crippen molar-refractivity contribution in [3.63, 3.8) is 0 Å². The van der Waals surface area contributed by atoms with Crippen LogP contribution in [0.5, 0.6) is 0 Å². The Morgan fingerprint density at radius 3 is 2.55 bits per heavy atom. The van der Waals surface area contributed by atoms with Gasteiger partial charge in [0.25, 0.3) is 5.89 Å². The third-order valence-corrected chi connectivity index (χ3v) is 6.42. The number of aliphatic carboxylic acids is 1. The lowest BCUT2D eigenvalue weighted by molar-refractivity contribution is -0.143. The van der Waals surface area contributed by atoms with Crippen LogP contribution in [0.4, 0.5) is 0 Å². The molecule has 0 amide bonds. The van der Waals surface area contributed by atoms with E-state index in [-0.39, 0.29) is 5.92 Å². The molecule has 1 atom stereocenters. The van der Waals surface area contributed by atoms with Crippen molar-refractivity contribution in [2.45, 2.75) is 32.2 Å². The third-order valence-electron chi connectivity index (χ3n) is 6.42. The van der Waals surface area contributed by atoms with Crippen LogP contribution in [0.2, 0.25) is 0 Å². The van der Waals surface area contributed by atoms with E-state index in [2.05, 4.69) is 57.5 Å². The summed E-state index contributed by atoms with van der Waals surface area (Å²) in [5.41, 5.74) is 5.52. The first-order valence-electron chi connectivity index (χ1n) is 11.5. The van der Waals surface area contributed by atoms with E-state index < -0.39 is 5.97 Å². The molecule has 2 aliphatic rings. The second-order valence-electron chi connectivity index (χ2n) is 8.77. The van der Waals surface area contributed by atoms with Crippen molar-refractivity contribution in [3.8, 4) is 22.8 Å². The van der Waals surface area contributed by atoms with E-state index in [1.54, 1.807) is 0 Å². The Morgan fingerprint density at radius 1 is 1.06 bits per heavy atom. The van der Waals surface area contributed by atoms with Gasteiger partial charge in [-0.3, -0.25) is 9.69 Å². The van der Waals surface area contributed by atoms with Crippen LogP contribution >= 0.6 is 0 Å². The third kappa shape index (κ3) is 4.96. The fraction of sp³-hybridized carbons (Fsp3) is 0.296. The number of hydrogen-bond acceptors (Lipinski definition) is 5. The molecule has 0 bridgehead atoms. The lowest BCUT2D eigenvalue weighted by Gasteiger charge is -2.30. The van der Waals surface area contributed by atoms with Crippen molar-refractivity contribution in [2.24, 2.45) is 5.92 Å². The number of rotatable bonds is 6. The van der Waals surface area contributed by atoms with Gasteiger partial charge in [-0.05, 0) is 61.1 Å². The van der Waals surface area contributed by atoms with Gasteiger partial charge in [0.05, 0.1) is 5.92 Å². The highest BCUT2D eigenvalue weighted by molar-refractivity contribution is 5.71. The highest BCUT2D eigenvalue weighted by atomic mass is 16.5. The van der Waals surface area contributed by atoms with Crippen LogP contribution in [0.25, 0.3) is 28.4 Å². The molecule has 0 radical (unpaired) electrons. The van der Waals surface area contributed by atoms with E-state index in [9.17, 15) is 9.90 Å². The molecule has 6 heteroatoms. The Bertz CT molecular complexity index is 1180. The summed E-state index contributed by atoms with van der Waals surface area (Å²) in [6, 6.07) is 16.4. The topological polar surface area (TPSA) is 79.5 Å². The average molecular weight is 442 g/mol. The van der Waals surface area contributed by atoms with Gasteiger partial charge < -0.3 is 9.63 Å². The molecule has 0 saturated carbocycles. The highest BCUT2D eigenvalue weighted by Crippen LogP contribution is 2.27. The zero-order valence-electron chi connectivity index (χ0n) is 18.5. The average Bonchev–Trinajstić information content (AvgIpc) is 3.36. The lowest BCUT2D eigenvalue weighted by atomic mass is 9.97. The molecule has 1 aromatic heterocycles. The van der Waals surface area contributed by atoms with E-state index in [4.69, 9.17) is 4.52 Å². The standard InChI is InChI=1S/C27H27N3O3/c31-27(32)24-7-4-16-30(18-24)17-19-8-10-22(11-9-19)25-28-26(33-29-25)23-14-12-21(13-15-23)20-5-2-1-3-6-20/h1-2,5,8-15,24H,3-4,6-7,16-18H2,(H,31,32). The van der Waals surface area contributed by atoms with Gasteiger partial charge in [0, 0.05) is 24.2 Å². The normalized spacial score (nSPS) is 18.8. The molecule has 2 aromatic carbocycles. The number of nitrogens with zero attached hydrogens (tertiary/aromatic N) is 3. The summed E-state index contributed by atoms with van der Waals surface area (Å²) in [6.45, 7) is 2.30. The van der Waals surface area contributed by atoms with Gasteiger partial charge in [0.15, 0.2) is 0 Å². The Balaban J connectivity index is 1.25. The molecule has 1 saturated heterocycles. The molecular formula is C27H27N3O3. The van der Waals surface area contributed by atoms with E-state index in [1.807, 2.05) is 24.3 Å². The first kappa shape index (κ1) is 21.3. The molecular weight excluding hydrogens is 414 g/mol. The second kappa shape index (κ2) is 9.55. The van der Waals surface area contributed by atoms with Gasteiger partial charge in [0.2, 0.25) is 5.82 Å². The SMILES string of the molecule is O=C(O)C1CCCN(Cc2ccc(-c3noc(-c4ccc(C5=CC=CCC5)cc4)n3)cc2)C1. The number of carbonyl (C=O) groups is 1. The fourth-order valence-corrected chi connectivity index (χ4v) is 4.55. The number of aromatic nitrogens is 2. The smallest absolute Gasteiger partial charge is 0.307 e. The van der Waals surface area contributed by atoms with Crippen molar-refractivity contribution in [1.29, 1.82) is 0 Å². The molecule has 5 rings (SSSR count). The maximum absolute atomic E-state index is 11.3. The van der Waals surface area contributed by atoms with E-state index in [1.165, 1.54) is 11.1 Å². The van der Waals surface area contributed by atoms with Gasteiger partial charge >= 0.3 is 5.97 Å². The van der Waals surface area contributed by atoms with Crippen molar-refractivity contribution in [2.75, 3.05) is 13.1 Å². The van der Waals surface area contributed by atoms with E-state index in [0.29, 0.717) is 18.3 Å². The molecule has 33 heavy (non-hydrogen) atoms. The van der Waals surface area contributed by atoms with Gasteiger partial charge in [-0.15, -0.1) is 0 Å². The predicted molar refractivity (Wildman–Crippen MR) is 127 cm³/mol. The Morgan fingerprint density at radius 2 is 1.82 bits per heavy atom. The van der Waals surface area contributed by atoms with Crippen LogP contribution in [0.15, 0.2) is 71.3 Å². The summed E-state index contributed by atoms with van der Waals surface area (Å²) < 4.78 is 5.53. The Hall–Kier alpha value is -3.51. The zero-order valence-corrected chi connectivity index (χ0v) is 18.5. The van der Waals surface area contributed by atoms with Crippen molar-refractivity contribution in [1.82, 2.24) is 15.0 Å². The first-order valence-corrected chi connectivity index (χ1v) is 11.5. The van der Waals surface area contributed by atoms with Crippen LogP contribution in [0, 0.1) is 5.92 Å². The number of benzene rings is 2. The molecule has 1 aliphatic carbocycles. The summed E-state index contributed by atoms with van der Waals surface area (Å²) in [7, 11) is 0. The summed E-state index contributed by atoms with van der Waals surface area (Å²) in [5.74, 6) is 0.109. The fourth-order valence-electron chi connectivity index (χ4n) is 4.55. The molecule has 0 spiro atoms. The van der Waals surface area contributed by atoms with Crippen LogP contribution in [0.3, 0.4) is 0 Å². The molecule has 2 heterocycles. The Kier molecular flexibility index (Phi) is 6.17. The lowest BCUT2D eigenvalue weighted by Crippen LogP contribution is -2.38. The molecule has 1 aliphatic heterocycles. The zero-order chi connectivity index (χ0) is 22.6. The number of piperidine rings is 1. The maximum atomic E-state index is 11.3. The quantitative estimate of drug-likeness (QED) is 0.549. The number of carboxylic acid groups (broad SMARTS) is 1. The molecule has 6 nitrogen and oxygen atoms in total. The molecule has 3 aromatic rings. The minimum absolute atomic E-state index is 0.263. The Labute approximate surface area is 193 Å². The van der Waals surface area contributed by atoms with Gasteiger partial charge in [-0.1, -0.05) is 59.8 Å². The summed E-state index contributed by atoms with van der Waals surface area (Å²) >= 11 is 0. The van der Waals surface area contributed by atoms with Crippen molar-refractivity contribution < 1.29 is 14.4 Å². The molecule has 1 fully saturated rings. The summed E-state index contributed by atoms with van der Waals surface area (Å²) in [5, 5.41) is 13.5. The number of likely N-dealkylation sites (tertiary alicyclic amines) is 1. The van der Waals surface area contributed by atoms with Crippen molar-refractivity contribution in [3.05, 3.63) is 77.9 Å². The van der Waals surface area contributed by atoms with Crippen LogP contribution < -0.4 is 0 Å². The number of hydrogen-bond donors (Lipinski definition) is 1. The van der Waals surface area contributed by atoms with E-state index >= 15 is 0 Å². The highest BCUT2D eigenvalue weighted by Gasteiger charge is 2.25. The monoisotopic (exact) mass is 441 g/mol. The van der Waals surface area contributed by atoms with Crippen molar-refractivity contribution >= 4 is 11.5 Å². The minimum atomic E-state index is -0.694. The van der Waals surface area contributed by atoms with Crippen LogP contribution in [-0.4, -0.2) is 39.2 Å². The molecule has 168 valence electrons. The second-order valence-corrected chi connectivity index (χ2v) is 8.77. The van der Waals surface area contributed by atoms with Gasteiger partial charge in [0.1, 0.15) is 0 Å².